The van der Waals surface area contributed by atoms with Crippen LogP contribution in [0.4, 0.5) is 0 Å². The summed E-state index contributed by atoms with van der Waals surface area (Å²) in [6.45, 7) is 8.31. The summed E-state index contributed by atoms with van der Waals surface area (Å²) in [5, 5.41) is 0. The van der Waals surface area contributed by atoms with Crippen LogP contribution < -0.4 is 9.47 Å². The van der Waals surface area contributed by atoms with E-state index >= 15 is 0 Å². The zero-order chi connectivity index (χ0) is 16.3. The summed E-state index contributed by atoms with van der Waals surface area (Å²) in [6.07, 6.45) is 1.68. The van der Waals surface area contributed by atoms with Gasteiger partial charge >= 0.3 is 5.97 Å². The first-order chi connectivity index (χ1) is 10.3. The van der Waals surface area contributed by atoms with Crippen LogP contribution in [-0.4, -0.2) is 25.6 Å². The summed E-state index contributed by atoms with van der Waals surface area (Å²) in [5.74, 6) is 1.28. The predicted molar refractivity (Wildman–Crippen MR) is 85.1 cm³/mol. The van der Waals surface area contributed by atoms with Gasteiger partial charge in [-0.1, -0.05) is 26.8 Å². The van der Waals surface area contributed by atoms with Gasteiger partial charge in [0.15, 0.2) is 17.2 Å². The second-order valence-electron chi connectivity index (χ2n) is 5.93. The summed E-state index contributed by atoms with van der Waals surface area (Å²) in [6, 6.07) is 5.46. The van der Waals surface area contributed by atoms with Gasteiger partial charge in [0.25, 0.3) is 0 Å². The first-order valence-electron chi connectivity index (χ1n) is 7.19. The van der Waals surface area contributed by atoms with Gasteiger partial charge in [-0.3, -0.25) is 0 Å². The van der Waals surface area contributed by atoms with Gasteiger partial charge in [0.05, 0.1) is 13.7 Å². The largest absolute Gasteiger partial charge is 0.493 e. The van der Waals surface area contributed by atoms with Gasteiger partial charge in [-0.2, -0.15) is 0 Å². The topological polar surface area (TPSA) is 57.1 Å². The number of cyclic esters (lactones) is 1. The number of carbonyl (C=O) groups is 1. The number of methoxy groups -OCH3 is 1. The Morgan fingerprint density at radius 2 is 2.00 bits per heavy atom. The second kappa shape index (κ2) is 6.22. The molecule has 0 aliphatic carbocycles. The molecule has 0 bridgehead atoms. The van der Waals surface area contributed by atoms with E-state index in [0.29, 0.717) is 24.0 Å². The van der Waals surface area contributed by atoms with Gasteiger partial charge in [0, 0.05) is 5.41 Å². The smallest absolute Gasteiger partial charge is 0.363 e. The van der Waals surface area contributed by atoms with E-state index in [2.05, 4.69) is 4.99 Å². The number of esters is 1. The van der Waals surface area contributed by atoms with Crippen LogP contribution in [0.3, 0.4) is 0 Å². The van der Waals surface area contributed by atoms with Crippen LogP contribution in [0.25, 0.3) is 6.08 Å². The zero-order valence-electron chi connectivity index (χ0n) is 13.6. The molecule has 0 fully saturated rings. The van der Waals surface area contributed by atoms with Gasteiger partial charge in [0.1, 0.15) is 0 Å². The maximum absolute atomic E-state index is 11.9. The Hall–Kier alpha value is -2.30. The molecule has 1 aliphatic rings. The maximum atomic E-state index is 11.9. The lowest BCUT2D eigenvalue weighted by Crippen LogP contribution is -2.21. The molecule has 0 unspecified atom stereocenters. The van der Waals surface area contributed by atoms with Crippen molar-refractivity contribution in [2.45, 2.75) is 27.7 Å². The molecular weight excluding hydrogens is 282 g/mol. The number of hydrogen-bond acceptors (Lipinski definition) is 5. The number of nitrogens with zero attached hydrogens (tertiary/aromatic N) is 1. The molecule has 1 heterocycles. The molecule has 1 aliphatic heterocycles. The summed E-state index contributed by atoms with van der Waals surface area (Å²) in [5.41, 5.74) is 0.782. The van der Waals surface area contributed by atoms with Crippen molar-refractivity contribution in [1.29, 1.82) is 0 Å². The van der Waals surface area contributed by atoms with Crippen molar-refractivity contribution in [3.63, 3.8) is 0 Å². The zero-order valence-corrected chi connectivity index (χ0v) is 13.6. The van der Waals surface area contributed by atoms with E-state index in [4.69, 9.17) is 14.2 Å². The third-order valence-corrected chi connectivity index (χ3v) is 3.05. The Kier molecular flexibility index (Phi) is 4.54. The van der Waals surface area contributed by atoms with Crippen LogP contribution >= 0.6 is 0 Å². The lowest BCUT2D eigenvalue weighted by atomic mass is 9.97. The van der Waals surface area contributed by atoms with Gasteiger partial charge in [-0.25, -0.2) is 9.79 Å². The first-order valence-corrected chi connectivity index (χ1v) is 7.19. The van der Waals surface area contributed by atoms with Crippen molar-refractivity contribution in [2.24, 2.45) is 10.4 Å². The quantitative estimate of drug-likeness (QED) is 0.631. The Morgan fingerprint density at radius 1 is 1.27 bits per heavy atom. The summed E-state index contributed by atoms with van der Waals surface area (Å²) in [7, 11) is 1.58. The minimum absolute atomic E-state index is 0.288. The molecule has 0 atom stereocenters. The average molecular weight is 303 g/mol. The number of carbonyl (C=O) groups excluding carboxylic acids is 1. The fraction of sp³-hybridized carbons (Fsp3) is 0.412. The monoisotopic (exact) mass is 303 g/mol. The predicted octanol–water partition coefficient (Wildman–Crippen LogP) is 3.44. The van der Waals surface area contributed by atoms with Crippen LogP contribution in [-0.2, 0) is 9.53 Å². The first kappa shape index (κ1) is 16.1. The molecule has 0 radical (unpaired) electrons. The number of ether oxygens (including phenoxy) is 3. The van der Waals surface area contributed by atoms with Crippen molar-refractivity contribution in [3.05, 3.63) is 29.5 Å². The van der Waals surface area contributed by atoms with E-state index in [1.165, 1.54) is 0 Å². The molecule has 5 nitrogen and oxygen atoms in total. The fourth-order valence-electron chi connectivity index (χ4n) is 1.94. The molecule has 22 heavy (non-hydrogen) atoms. The Balaban J connectivity index is 2.33. The van der Waals surface area contributed by atoms with E-state index in [1.54, 1.807) is 19.3 Å². The minimum Gasteiger partial charge on any atom is -0.493 e. The molecule has 0 saturated carbocycles. The molecule has 0 aromatic heterocycles. The van der Waals surface area contributed by atoms with Crippen LogP contribution in [0.15, 0.2) is 28.9 Å². The molecular formula is C17H21NO4. The highest BCUT2D eigenvalue weighted by Gasteiger charge is 2.31. The number of aliphatic imine (C=N–C) groups is 1. The molecule has 0 saturated heterocycles. The van der Waals surface area contributed by atoms with Gasteiger partial charge < -0.3 is 14.2 Å². The Labute approximate surface area is 130 Å². The molecule has 1 aromatic carbocycles. The number of hydrogen-bond donors (Lipinski definition) is 0. The highest BCUT2D eigenvalue weighted by molar-refractivity contribution is 6.08. The second-order valence-corrected chi connectivity index (χ2v) is 5.93. The third-order valence-electron chi connectivity index (χ3n) is 3.05. The van der Waals surface area contributed by atoms with Crippen LogP contribution in [0.2, 0.25) is 0 Å². The molecule has 0 spiro atoms. The molecule has 0 amide bonds. The minimum atomic E-state index is -0.433. The fourth-order valence-corrected chi connectivity index (χ4v) is 1.94. The van der Waals surface area contributed by atoms with Gasteiger partial charge in [0.2, 0.25) is 5.90 Å². The highest BCUT2D eigenvalue weighted by Crippen LogP contribution is 2.30. The van der Waals surface area contributed by atoms with E-state index in [-0.39, 0.29) is 11.1 Å². The van der Waals surface area contributed by atoms with Crippen LogP contribution in [0, 0.1) is 5.41 Å². The maximum Gasteiger partial charge on any atom is 0.363 e. The van der Waals surface area contributed by atoms with Crippen LogP contribution in [0.5, 0.6) is 11.5 Å². The van der Waals surface area contributed by atoms with Gasteiger partial charge in [-0.15, -0.1) is 0 Å². The summed E-state index contributed by atoms with van der Waals surface area (Å²) in [4.78, 5) is 16.2. The third kappa shape index (κ3) is 3.47. The Bertz CT molecular complexity index is 639. The average Bonchev–Trinajstić information content (AvgIpc) is 2.82. The van der Waals surface area contributed by atoms with E-state index < -0.39 is 5.97 Å². The SMILES string of the molecule is CCOc1ccc(/C=C2/N=C(C(C)(C)C)OC2=O)cc1OC. The Morgan fingerprint density at radius 3 is 2.55 bits per heavy atom. The molecule has 1 aromatic rings. The van der Waals surface area contributed by atoms with Gasteiger partial charge in [-0.05, 0) is 30.7 Å². The normalized spacial score (nSPS) is 16.5. The molecule has 5 heteroatoms. The van der Waals surface area contributed by atoms with Crippen molar-refractivity contribution in [2.75, 3.05) is 13.7 Å². The van der Waals surface area contributed by atoms with Crippen molar-refractivity contribution >= 4 is 17.9 Å². The van der Waals surface area contributed by atoms with Crippen molar-refractivity contribution in [1.82, 2.24) is 0 Å². The summed E-state index contributed by atoms with van der Waals surface area (Å²) >= 11 is 0. The molecule has 118 valence electrons. The van der Waals surface area contributed by atoms with Crippen molar-refractivity contribution in [3.8, 4) is 11.5 Å². The van der Waals surface area contributed by atoms with E-state index in [1.807, 2.05) is 39.8 Å². The van der Waals surface area contributed by atoms with Crippen molar-refractivity contribution < 1.29 is 19.0 Å². The van der Waals surface area contributed by atoms with E-state index in [0.717, 1.165) is 5.56 Å². The number of rotatable bonds is 4. The molecule has 0 N–H and O–H groups in total. The van der Waals surface area contributed by atoms with Crippen LogP contribution in [0.1, 0.15) is 33.3 Å². The lowest BCUT2D eigenvalue weighted by Gasteiger charge is -2.15. The van der Waals surface area contributed by atoms with E-state index in [9.17, 15) is 4.79 Å². The highest BCUT2D eigenvalue weighted by atomic mass is 16.6. The lowest BCUT2D eigenvalue weighted by molar-refractivity contribution is -0.130. The summed E-state index contributed by atoms with van der Waals surface area (Å²) < 4.78 is 16.0. The standard InChI is InChI=1S/C17H21NO4/c1-6-21-13-8-7-11(10-14(13)20-5)9-12-15(19)22-16(18-12)17(2,3)4/h7-10H,6H2,1-5H3/b12-9+. The number of benzene rings is 1. The molecule has 2 rings (SSSR count).